The monoisotopic (exact) mass is 384 g/mol. The Labute approximate surface area is 164 Å². The van der Waals surface area contributed by atoms with Crippen LogP contribution < -0.4 is 20.1 Å². The lowest BCUT2D eigenvalue weighted by molar-refractivity contribution is 0.0857. The normalized spacial score (nSPS) is 15.7. The van der Waals surface area contributed by atoms with Gasteiger partial charge in [0, 0.05) is 36.0 Å². The van der Waals surface area contributed by atoms with E-state index in [4.69, 9.17) is 14.2 Å². The van der Waals surface area contributed by atoms with Gasteiger partial charge in [0.1, 0.15) is 11.5 Å². The zero-order valence-electron chi connectivity index (χ0n) is 16.0. The number of nitrogens with one attached hydrogen (secondary N) is 2. The fourth-order valence-electron chi connectivity index (χ4n) is 2.96. The van der Waals surface area contributed by atoms with E-state index >= 15 is 0 Å². The topological polar surface area (TPSA) is 85.9 Å². The van der Waals surface area contributed by atoms with Gasteiger partial charge < -0.3 is 24.8 Å². The highest BCUT2D eigenvalue weighted by atomic mass is 16.5. The van der Waals surface area contributed by atoms with Crippen molar-refractivity contribution in [1.29, 1.82) is 0 Å². The fraction of sp³-hybridized carbons (Fsp3) is 0.333. The van der Waals surface area contributed by atoms with Crippen LogP contribution in [0.3, 0.4) is 0 Å². The Kier molecular flexibility index (Phi) is 6.49. The highest BCUT2D eigenvalue weighted by Gasteiger charge is 2.17. The van der Waals surface area contributed by atoms with Crippen LogP contribution in [0.15, 0.2) is 42.5 Å². The van der Waals surface area contributed by atoms with Gasteiger partial charge in [-0.15, -0.1) is 0 Å². The molecule has 1 aliphatic heterocycles. The van der Waals surface area contributed by atoms with Crippen molar-refractivity contribution in [3.63, 3.8) is 0 Å². The summed E-state index contributed by atoms with van der Waals surface area (Å²) in [6.07, 6.45) is 2.11. The van der Waals surface area contributed by atoms with Crippen molar-refractivity contribution in [1.82, 2.24) is 5.32 Å². The van der Waals surface area contributed by atoms with Crippen LogP contribution in [-0.4, -0.2) is 45.3 Å². The Hall–Kier alpha value is -3.06. The first-order chi connectivity index (χ1) is 13.6. The summed E-state index contributed by atoms with van der Waals surface area (Å²) in [7, 11) is 3.05. The van der Waals surface area contributed by atoms with E-state index < -0.39 is 0 Å². The molecule has 1 heterocycles. The van der Waals surface area contributed by atoms with Gasteiger partial charge in [0.25, 0.3) is 11.8 Å². The molecule has 0 aliphatic carbocycles. The number of carbonyl (C=O) groups is 2. The Morgan fingerprint density at radius 1 is 1.00 bits per heavy atom. The van der Waals surface area contributed by atoms with Gasteiger partial charge in [0.15, 0.2) is 0 Å². The third-order valence-corrected chi connectivity index (χ3v) is 4.53. The molecule has 28 heavy (non-hydrogen) atoms. The number of hydrogen-bond donors (Lipinski definition) is 2. The van der Waals surface area contributed by atoms with Gasteiger partial charge in [-0.05, 0) is 49.2 Å². The van der Waals surface area contributed by atoms with Crippen LogP contribution in [0.4, 0.5) is 5.69 Å². The molecule has 0 spiro atoms. The molecule has 1 fully saturated rings. The summed E-state index contributed by atoms with van der Waals surface area (Å²) in [5, 5.41) is 5.68. The fourth-order valence-corrected chi connectivity index (χ4v) is 2.96. The lowest BCUT2D eigenvalue weighted by atomic mass is 10.1. The number of hydrogen-bond acceptors (Lipinski definition) is 5. The van der Waals surface area contributed by atoms with Gasteiger partial charge in [-0.3, -0.25) is 9.59 Å². The smallest absolute Gasteiger partial charge is 0.255 e. The lowest BCUT2D eigenvalue weighted by Gasteiger charge is -2.11. The highest BCUT2D eigenvalue weighted by molar-refractivity contribution is 6.05. The summed E-state index contributed by atoms with van der Waals surface area (Å²) in [4.78, 5) is 24.7. The molecule has 0 bridgehead atoms. The molecule has 3 rings (SSSR count). The van der Waals surface area contributed by atoms with Gasteiger partial charge in [-0.25, -0.2) is 0 Å². The molecule has 0 radical (unpaired) electrons. The Morgan fingerprint density at radius 3 is 2.25 bits per heavy atom. The summed E-state index contributed by atoms with van der Waals surface area (Å²) in [5.74, 6) is 0.601. The first-order valence-corrected chi connectivity index (χ1v) is 9.13. The van der Waals surface area contributed by atoms with Gasteiger partial charge in [0.05, 0.1) is 20.3 Å². The number of methoxy groups -OCH3 is 2. The molecule has 0 saturated carbocycles. The molecule has 2 aromatic rings. The molecule has 7 nitrogen and oxygen atoms in total. The van der Waals surface area contributed by atoms with Crippen molar-refractivity contribution in [2.75, 3.05) is 32.7 Å². The van der Waals surface area contributed by atoms with Gasteiger partial charge >= 0.3 is 0 Å². The van der Waals surface area contributed by atoms with Crippen molar-refractivity contribution in [2.45, 2.75) is 18.9 Å². The van der Waals surface area contributed by atoms with Crippen LogP contribution in [0.25, 0.3) is 0 Å². The minimum atomic E-state index is -0.298. The Balaban J connectivity index is 1.60. The van der Waals surface area contributed by atoms with Crippen LogP contribution in [0.2, 0.25) is 0 Å². The molecule has 7 heteroatoms. The van der Waals surface area contributed by atoms with Crippen molar-refractivity contribution in [2.24, 2.45) is 0 Å². The first kappa shape index (κ1) is 19.7. The van der Waals surface area contributed by atoms with E-state index in [0.717, 1.165) is 19.4 Å². The van der Waals surface area contributed by atoms with E-state index in [2.05, 4.69) is 10.6 Å². The van der Waals surface area contributed by atoms with E-state index in [1.807, 2.05) is 0 Å². The second kappa shape index (κ2) is 9.23. The van der Waals surface area contributed by atoms with Crippen LogP contribution in [-0.2, 0) is 4.74 Å². The quantitative estimate of drug-likeness (QED) is 0.767. The minimum absolute atomic E-state index is 0.0994. The van der Waals surface area contributed by atoms with E-state index in [-0.39, 0.29) is 17.9 Å². The standard InChI is InChI=1S/C21H24N2O5/c1-26-18-10-15(11-19(12-18)27-2)21(25)23-16-7-5-14(6-8-16)20(24)22-13-17-4-3-9-28-17/h5-8,10-12,17H,3-4,9,13H2,1-2H3,(H,22,24)(H,23,25)/t17-/m0/s1. The largest absolute Gasteiger partial charge is 0.497 e. The Morgan fingerprint density at radius 2 is 1.68 bits per heavy atom. The van der Waals surface area contributed by atoms with Crippen LogP contribution >= 0.6 is 0 Å². The van der Waals surface area contributed by atoms with Gasteiger partial charge in [-0.1, -0.05) is 0 Å². The molecular formula is C21H24N2O5. The third kappa shape index (κ3) is 5.01. The van der Waals surface area contributed by atoms with E-state index in [1.54, 1.807) is 42.5 Å². The SMILES string of the molecule is COc1cc(OC)cc(C(=O)Nc2ccc(C(=O)NC[C@@H]3CCCO3)cc2)c1. The average Bonchev–Trinajstić information content (AvgIpc) is 3.25. The molecule has 2 N–H and O–H groups in total. The summed E-state index contributed by atoms with van der Waals surface area (Å²) < 4.78 is 15.9. The molecule has 0 aromatic heterocycles. The highest BCUT2D eigenvalue weighted by Crippen LogP contribution is 2.23. The average molecular weight is 384 g/mol. The van der Waals surface area contributed by atoms with E-state index in [9.17, 15) is 9.59 Å². The zero-order chi connectivity index (χ0) is 19.9. The summed E-state index contributed by atoms with van der Waals surface area (Å²) >= 11 is 0. The van der Waals surface area contributed by atoms with Crippen molar-refractivity contribution in [3.8, 4) is 11.5 Å². The minimum Gasteiger partial charge on any atom is -0.497 e. The van der Waals surface area contributed by atoms with E-state index in [1.165, 1.54) is 14.2 Å². The van der Waals surface area contributed by atoms with Crippen LogP contribution in [0.1, 0.15) is 33.6 Å². The van der Waals surface area contributed by atoms with Crippen molar-refractivity contribution < 1.29 is 23.8 Å². The maximum absolute atomic E-state index is 12.5. The summed E-state index contributed by atoms with van der Waals surface area (Å²) in [6, 6.07) is 11.7. The van der Waals surface area contributed by atoms with Crippen LogP contribution in [0.5, 0.6) is 11.5 Å². The summed E-state index contributed by atoms with van der Waals surface area (Å²) in [6.45, 7) is 1.27. The lowest BCUT2D eigenvalue weighted by Crippen LogP contribution is -2.31. The maximum atomic E-state index is 12.5. The third-order valence-electron chi connectivity index (χ3n) is 4.53. The van der Waals surface area contributed by atoms with Crippen molar-refractivity contribution >= 4 is 17.5 Å². The maximum Gasteiger partial charge on any atom is 0.255 e. The Bertz CT molecular complexity index is 807. The summed E-state index contributed by atoms with van der Waals surface area (Å²) in [5.41, 5.74) is 1.52. The molecular weight excluding hydrogens is 360 g/mol. The molecule has 2 aromatic carbocycles. The molecule has 1 atom stereocenters. The first-order valence-electron chi connectivity index (χ1n) is 9.13. The second-order valence-electron chi connectivity index (χ2n) is 6.48. The molecule has 2 amide bonds. The molecule has 1 saturated heterocycles. The van der Waals surface area contributed by atoms with Gasteiger partial charge in [-0.2, -0.15) is 0 Å². The molecule has 148 valence electrons. The number of carbonyl (C=O) groups excluding carboxylic acids is 2. The van der Waals surface area contributed by atoms with Crippen molar-refractivity contribution in [3.05, 3.63) is 53.6 Å². The van der Waals surface area contributed by atoms with Gasteiger partial charge in [0.2, 0.25) is 0 Å². The predicted octanol–water partition coefficient (Wildman–Crippen LogP) is 2.86. The number of ether oxygens (including phenoxy) is 3. The number of amides is 2. The molecule has 1 aliphatic rings. The second-order valence-corrected chi connectivity index (χ2v) is 6.48. The zero-order valence-corrected chi connectivity index (χ0v) is 16.0. The number of rotatable bonds is 7. The number of anilines is 1. The predicted molar refractivity (Wildman–Crippen MR) is 105 cm³/mol. The van der Waals surface area contributed by atoms with E-state index in [0.29, 0.717) is 34.9 Å². The molecule has 0 unspecified atom stereocenters. The van der Waals surface area contributed by atoms with Crippen LogP contribution in [0, 0.1) is 0 Å². The number of benzene rings is 2.